The Hall–Kier alpha value is -2.20. The van der Waals surface area contributed by atoms with E-state index in [4.69, 9.17) is 16.3 Å². The summed E-state index contributed by atoms with van der Waals surface area (Å²) in [4.78, 5) is 14.6. The van der Waals surface area contributed by atoms with Gasteiger partial charge in [0, 0.05) is 30.8 Å². The van der Waals surface area contributed by atoms with Gasteiger partial charge in [0.25, 0.3) is 0 Å². The molecule has 1 unspecified atom stereocenters. The number of para-hydroxylation sites is 1. The second kappa shape index (κ2) is 8.26. The van der Waals surface area contributed by atoms with E-state index in [0.29, 0.717) is 24.6 Å². The smallest absolute Gasteiger partial charge is 0.226 e. The van der Waals surface area contributed by atoms with Crippen molar-refractivity contribution in [2.75, 3.05) is 31.6 Å². The highest BCUT2D eigenvalue weighted by Crippen LogP contribution is 2.29. The lowest BCUT2D eigenvalue weighted by atomic mass is 9.96. The average molecular weight is 359 g/mol. The van der Waals surface area contributed by atoms with Gasteiger partial charge in [-0.2, -0.15) is 0 Å². The van der Waals surface area contributed by atoms with Gasteiger partial charge in [-0.15, -0.1) is 0 Å². The van der Waals surface area contributed by atoms with Crippen LogP contribution in [0.25, 0.3) is 0 Å². The maximum atomic E-state index is 12.4. The summed E-state index contributed by atoms with van der Waals surface area (Å²) in [5, 5.41) is 3.70. The van der Waals surface area contributed by atoms with E-state index in [2.05, 4.69) is 29.4 Å². The van der Waals surface area contributed by atoms with Gasteiger partial charge in [-0.25, -0.2) is 0 Å². The van der Waals surface area contributed by atoms with Crippen molar-refractivity contribution in [1.29, 1.82) is 0 Å². The van der Waals surface area contributed by atoms with E-state index in [9.17, 15) is 4.79 Å². The van der Waals surface area contributed by atoms with Crippen molar-refractivity contribution in [3.8, 4) is 5.75 Å². The van der Waals surface area contributed by atoms with Gasteiger partial charge in [0.05, 0.1) is 5.92 Å². The molecule has 1 aliphatic heterocycles. The lowest BCUT2D eigenvalue weighted by Gasteiger charge is -2.25. The highest BCUT2D eigenvalue weighted by atomic mass is 35.5. The van der Waals surface area contributed by atoms with E-state index < -0.39 is 0 Å². The molecule has 0 aromatic heterocycles. The summed E-state index contributed by atoms with van der Waals surface area (Å²) in [7, 11) is 2.06. The second-order valence-corrected chi connectivity index (χ2v) is 6.80. The predicted octanol–water partition coefficient (Wildman–Crippen LogP) is 3.53. The van der Waals surface area contributed by atoms with E-state index >= 15 is 0 Å². The minimum Gasteiger partial charge on any atom is -0.492 e. The standard InChI is InChI=1S/C20H23ClN2O2/c1-23(18-6-3-2-4-7-18)11-5-10-22-20(24)16-12-15-13-17(21)8-9-19(15)25-14-16/h2-4,6-9,13,16H,5,10-12,14H2,1H3,(H,22,24). The molecule has 0 spiro atoms. The van der Waals surface area contributed by atoms with Crippen molar-refractivity contribution < 1.29 is 9.53 Å². The summed E-state index contributed by atoms with van der Waals surface area (Å²) in [6, 6.07) is 15.8. The molecule has 0 saturated heterocycles. The van der Waals surface area contributed by atoms with Gasteiger partial charge in [-0.05, 0) is 48.7 Å². The van der Waals surface area contributed by atoms with Crippen LogP contribution in [0.15, 0.2) is 48.5 Å². The van der Waals surface area contributed by atoms with Gasteiger partial charge in [0.1, 0.15) is 12.4 Å². The molecule has 0 radical (unpaired) electrons. The Morgan fingerprint density at radius 1 is 1.28 bits per heavy atom. The van der Waals surface area contributed by atoms with Crippen LogP contribution in [-0.4, -0.2) is 32.7 Å². The largest absolute Gasteiger partial charge is 0.492 e. The monoisotopic (exact) mass is 358 g/mol. The fourth-order valence-electron chi connectivity index (χ4n) is 3.02. The molecular weight excluding hydrogens is 336 g/mol. The van der Waals surface area contributed by atoms with Crippen LogP contribution < -0.4 is 15.0 Å². The number of hydrogen-bond donors (Lipinski definition) is 1. The minimum absolute atomic E-state index is 0.0491. The Kier molecular flexibility index (Phi) is 5.82. The minimum atomic E-state index is -0.155. The van der Waals surface area contributed by atoms with E-state index in [1.807, 2.05) is 36.4 Å². The third-order valence-corrected chi connectivity index (χ3v) is 4.70. The molecule has 1 N–H and O–H groups in total. The van der Waals surface area contributed by atoms with Crippen molar-refractivity contribution in [2.45, 2.75) is 12.8 Å². The topological polar surface area (TPSA) is 41.6 Å². The number of rotatable bonds is 6. The van der Waals surface area contributed by atoms with Crippen LogP contribution in [0.1, 0.15) is 12.0 Å². The van der Waals surface area contributed by atoms with E-state index in [1.54, 1.807) is 0 Å². The van der Waals surface area contributed by atoms with Crippen LogP contribution in [0.2, 0.25) is 5.02 Å². The number of nitrogens with zero attached hydrogens (tertiary/aromatic N) is 1. The van der Waals surface area contributed by atoms with Crippen LogP contribution >= 0.6 is 11.6 Å². The van der Waals surface area contributed by atoms with Crippen LogP contribution in [0.4, 0.5) is 5.69 Å². The lowest BCUT2D eigenvalue weighted by molar-refractivity contribution is -0.126. The quantitative estimate of drug-likeness (QED) is 0.803. The first-order valence-electron chi connectivity index (χ1n) is 8.58. The zero-order chi connectivity index (χ0) is 17.6. The number of carbonyl (C=O) groups is 1. The first-order valence-corrected chi connectivity index (χ1v) is 8.96. The molecule has 4 nitrogen and oxygen atoms in total. The lowest BCUT2D eigenvalue weighted by Crippen LogP contribution is -2.38. The Balaban J connectivity index is 1.43. The summed E-state index contributed by atoms with van der Waals surface area (Å²) >= 11 is 6.03. The molecular formula is C20H23ClN2O2. The van der Waals surface area contributed by atoms with Gasteiger partial charge in [-0.1, -0.05) is 29.8 Å². The van der Waals surface area contributed by atoms with Crippen molar-refractivity contribution in [2.24, 2.45) is 5.92 Å². The molecule has 0 fully saturated rings. The van der Waals surface area contributed by atoms with E-state index in [-0.39, 0.29) is 11.8 Å². The summed E-state index contributed by atoms with van der Waals surface area (Å²) in [6.07, 6.45) is 1.57. The number of hydrogen-bond acceptors (Lipinski definition) is 3. The zero-order valence-electron chi connectivity index (χ0n) is 14.4. The maximum absolute atomic E-state index is 12.4. The number of halogens is 1. The normalized spacial score (nSPS) is 15.8. The second-order valence-electron chi connectivity index (χ2n) is 6.37. The Morgan fingerprint density at radius 3 is 2.88 bits per heavy atom. The van der Waals surface area contributed by atoms with Crippen molar-refractivity contribution in [3.05, 3.63) is 59.1 Å². The molecule has 1 amide bonds. The molecule has 0 saturated carbocycles. The van der Waals surface area contributed by atoms with Crippen LogP contribution in [0.3, 0.4) is 0 Å². The molecule has 1 aliphatic rings. The molecule has 0 bridgehead atoms. The number of anilines is 1. The van der Waals surface area contributed by atoms with Crippen LogP contribution in [0.5, 0.6) is 5.75 Å². The fraction of sp³-hybridized carbons (Fsp3) is 0.350. The average Bonchev–Trinajstić information content (AvgIpc) is 2.65. The summed E-state index contributed by atoms with van der Waals surface area (Å²) in [6.45, 7) is 1.98. The van der Waals surface area contributed by atoms with Crippen molar-refractivity contribution >= 4 is 23.2 Å². The predicted molar refractivity (Wildman–Crippen MR) is 101 cm³/mol. The molecule has 2 aromatic rings. The summed E-state index contributed by atoms with van der Waals surface area (Å²) < 4.78 is 5.69. The number of nitrogens with one attached hydrogen (secondary N) is 1. The molecule has 0 aliphatic carbocycles. The van der Waals surface area contributed by atoms with E-state index in [1.165, 1.54) is 5.69 Å². The fourth-order valence-corrected chi connectivity index (χ4v) is 3.21. The number of fused-ring (bicyclic) bond motifs is 1. The molecule has 1 atom stereocenters. The number of benzene rings is 2. The molecule has 25 heavy (non-hydrogen) atoms. The highest BCUT2D eigenvalue weighted by molar-refractivity contribution is 6.30. The first kappa shape index (κ1) is 17.6. The zero-order valence-corrected chi connectivity index (χ0v) is 15.1. The summed E-state index contributed by atoms with van der Waals surface area (Å²) in [5.41, 5.74) is 2.19. The molecule has 2 aromatic carbocycles. The van der Waals surface area contributed by atoms with Crippen molar-refractivity contribution in [3.63, 3.8) is 0 Å². The Morgan fingerprint density at radius 2 is 2.08 bits per heavy atom. The third-order valence-electron chi connectivity index (χ3n) is 4.47. The van der Waals surface area contributed by atoms with Gasteiger partial charge in [0.15, 0.2) is 0 Å². The highest BCUT2D eigenvalue weighted by Gasteiger charge is 2.25. The number of ether oxygens (including phenoxy) is 1. The van der Waals surface area contributed by atoms with Crippen LogP contribution in [0, 0.1) is 5.92 Å². The van der Waals surface area contributed by atoms with Gasteiger partial charge < -0.3 is 15.0 Å². The third kappa shape index (κ3) is 4.67. The van der Waals surface area contributed by atoms with Crippen molar-refractivity contribution in [1.82, 2.24) is 5.32 Å². The van der Waals surface area contributed by atoms with Gasteiger partial charge in [-0.3, -0.25) is 4.79 Å². The summed E-state index contributed by atoms with van der Waals surface area (Å²) in [5.74, 6) is 0.726. The van der Waals surface area contributed by atoms with Gasteiger partial charge in [0.2, 0.25) is 5.91 Å². The number of amides is 1. The molecule has 132 valence electrons. The number of carbonyl (C=O) groups excluding carboxylic acids is 1. The first-order chi connectivity index (χ1) is 12.1. The molecule has 5 heteroatoms. The Bertz CT molecular complexity index is 721. The van der Waals surface area contributed by atoms with Gasteiger partial charge >= 0.3 is 0 Å². The van der Waals surface area contributed by atoms with E-state index in [0.717, 1.165) is 24.3 Å². The maximum Gasteiger partial charge on any atom is 0.226 e. The van der Waals surface area contributed by atoms with Crippen LogP contribution in [-0.2, 0) is 11.2 Å². The molecule has 3 rings (SSSR count). The SMILES string of the molecule is CN(CCCNC(=O)C1COc2ccc(Cl)cc2C1)c1ccccc1. The molecule has 1 heterocycles. The Labute approximate surface area is 153 Å².